The summed E-state index contributed by atoms with van der Waals surface area (Å²) in [5, 5.41) is 8.14. The molecule has 6 nitrogen and oxygen atoms in total. The van der Waals surface area contributed by atoms with Gasteiger partial charge in [-0.2, -0.15) is 0 Å². The SMILES string of the molecule is CCCCCC(=O)O.O=P(O)(O)O.[KH]. The van der Waals surface area contributed by atoms with Crippen molar-refractivity contribution in [2.24, 2.45) is 0 Å². The van der Waals surface area contributed by atoms with Crippen LogP contribution < -0.4 is 0 Å². The molecule has 0 aromatic rings. The molecule has 0 aromatic carbocycles. The van der Waals surface area contributed by atoms with Crippen molar-refractivity contribution in [1.29, 1.82) is 0 Å². The summed E-state index contributed by atoms with van der Waals surface area (Å²) in [5.41, 5.74) is 0. The van der Waals surface area contributed by atoms with Crippen LogP contribution in [0.25, 0.3) is 0 Å². The van der Waals surface area contributed by atoms with Crippen LogP contribution in [-0.4, -0.2) is 77.1 Å². The minimum absolute atomic E-state index is 0. The first-order valence-electron chi connectivity index (χ1n) is 3.77. The van der Waals surface area contributed by atoms with Gasteiger partial charge >= 0.3 is 65.2 Å². The zero-order valence-electron chi connectivity index (χ0n) is 7.38. The third kappa shape index (κ3) is 51.0. The second-order valence-corrected chi connectivity index (χ2v) is 3.39. The molecule has 14 heavy (non-hydrogen) atoms. The molecule has 0 atom stereocenters. The average molecular weight is 254 g/mol. The topological polar surface area (TPSA) is 115 Å². The molecule has 0 saturated heterocycles. The molecular formula is C6H16KO6P. The summed E-state index contributed by atoms with van der Waals surface area (Å²) in [6.45, 7) is 2.06. The Morgan fingerprint density at radius 3 is 1.79 bits per heavy atom. The fourth-order valence-corrected chi connectivity index (χ4v) is 0.526. The quantitative estimate of drug-likeness (QED) is 0.321. The number of unbranched alkanes of at least 4 members (excludes halogenated alkanes) is 2. The molecule has 0 bridgehead atoms. The molecule has 0 heterocycles. The second kappa shape index (κ2) is 12.3. The number of hydrogen-bond donors (Lipinski definition) is 4. The van der Waals surface area contributed by atoms with Gasteiger partial charge in [0.15, 0.2) is 0 Å². The number of hydrogen-bond acceptors (Lipinski definition) is 2. The van der Waals surface area contributed by atoms with E-state index >= 15 is 0 Å². The van der Waals surface area contributed by atoms with Crippen LogP contribution in [0.1, 0.15) is 32.6 Å². The summed E-state index contributed by atoms with van der Waals surface area (Å²) in [4.78, 5) is 31.4. The van der Waals surface area contributed by atoms with Gasteiger partial charge in [0.05, 0.1) is 0 Å². The molecule has 0 fully saturated rings. The molecule has 0 amide bonds. The van der Waals surface area contributed by atoms with Crippen molar-refractivity contribution < 1.29 is 29.1 Å². The van der Waals surface area contributed by atoms with E-state index in [1.54, 1.807) is 0 Å². The zero-order valence-corrected chi connectivity index (χ0v) is 8.28. The van der Waals surface area contributed by atoms with Crippen molar-refractivity contribution in [1.82, 2.24) is 0 Å². The molecule has 0 aliphatic heterocycles. The first kappa shape index (κ1) is 20.6. The molecule has 0 aliphatic rings. The third-order valence-corrected chi connectivity index (χ3v) is 0.994. The minimum atomic E-state index is -4.64. The van der Waals surface area contributed by atoms with Gasteiger partial charge in [0.2, 0.25) is 0 Å². The van der Waals surface area contributed by atoms with E-state index in [0.717, 1.165) is 19.3 Å². The Hall–Kier alpha value is 1.22. The number of phosphoric acid groups is 1. The van der Waals surface area contributed by atoms with Gasteiger partial charge in [-0.3, -0.25) is 4.79 Å². The van der Waals surface area contributed by atoms with Crippen molar-refractivity contribution >= 4 is 65.2 Å². The molecule has 0 unspecified atom stereocenters. The molecular weight excluding hydrogens is 238 g/mol. The Bertz CT molecular complexity index is 171. The molecule has 0 aliphatic carbocycles. The summed E-state index contributed by atoms with van der Waals surface area (Å²) >= 11 is 0. The molecule has 0 saturated carbocycles. The first-order chi connectivity index (χ1) is 5.77. The Morgan fingerprint density at radius 1 is 1.21 bits per heavy atom. The van der Waals surface area contributed by atoms with Gasteiger partial charge in [0, 0.05) is 6.42 Å². The van der Waals surface area contributed by atoms with E-state index in [0.29, 0.717) is 6.42 Å². The maximum absolute atomic E-state index is 9.87. The average Bonchev–Trinajstić information content (AvgIpc) is 1.83. The third-order valence-electron chi connectivity index (χ3n) is 0.994. The van der Waals surface area contributed by atoms with Crippen molar-refractivity contribution in [2.45, 2.75) is 32.6 Å². The van der Waals surface area contributed by atoms with Crippen LogP contribution in [0, 0.1) is 0 Å². The van der Waals surface area contributed by atoms with Crippen molar-refractivity contribution in [3.8, 4) is 0 Å². The molecule has 0 spiro atoms. The number of carboxylic acids is 1. The van der Waals surface area contributed by atoms with Crippen molar-refractivity contribution in [3.05, 3.63) is 0 Å². The standard InChI is InChI=1S/C6H12O2.K.H3O4P.H/c1-2-3-4-5-6(7)8;;1-5(2,3)4;/h2-5H2,1H3,(H,7,8);;(H3,1,2,3,4);. The van der Waals surface area contributed by atoms with Crippen LogP contribution in [0.5, 0.6) is 0 Å². The van der Waals surface area contributed by atoms with E-state index in [-0.39, 0.29) is 51.4 Å². The van der Waals surface area contributed by atoms with Gasteiger partial charge in [0.25, 0.3) is 0 Å². The van der Waals surface area contributed by atoms with E-state index in [1.165, 1.54) is 0 Å². The summed E-state index contributed by atoms with van der Waals surface area (Å²) in [6.07, 6.45) is 3.28. The van der Waals surface area contributed by atoms with E-state index in [9.17, 15) is 4.79 Å². The number of rotatable bonds is 4. The van der Waals surface area contributed by atoms with Crippen LogP contribution >= 0.6 is 7.82 Å². The Kier molecular flexibility index (Phi) is 18.1. The number of carbonyl (C=O) groups is 1. The summed E-state index contributed by atoms with van der Waals surface area (Å²) in [7, 11) is -4.64. The monoisotopic (exact) mass is 254 g/mol. The van der Waals surface area contributed by atoms with Gasteiger partial charge < -0.3 is 19.8 Å². The van der Waals surface area contributed by atoms with Gasteiger partial charge in [-0.05, 0) is 6.42 Å². The summed E-state index contributed by atoms with van der Waals surface area (Å²) < 4.78 is 8.88. The molecule has 82 valence electrons. The van der Waals surface area contributed by atoms with Crippen molar-refractivity contribution in [2.75, 3.05) is 0 Å². The van der Waals surface area contributed by atoms with E-state index < -0.39 is 13.8 Å². The van der Waals surface area contributed by atoms with Crippen LogP contribution in [0.4, 0.5) is 0 Å². The maximum atomic E-state index is 9.87. The van der Waals surface area contributed by atoms with Gasteiger partial charge in [0.1, 0.15) is 0 Å². The van der Waals surface area contributed by atoms with E-state index in [4.69, 9.17) is 24.4 Å². The van der Waals surface area contributed by atoms with Crippen molar-refractivity contribution in [3.63, 3.8) is 0 Å². The second-order valence-electron chi connectivity index (χ2n) is 2.36. The molecule has 4 N–H and O–H groups in total. The predicted molar refractivity (Wildman–Crippen MR) is 53.2 cm³/mol. The normalized spacial score (nSPS) is 9.43. The van der Waals surface area contributed by atoms with Crippen LogP contribution in [0.3, 0.4) is 0 Å². The molecule has 8 heteroatoms. The van der Waals surface area contributed by atoms with E-state index in [1.807, 2.05) is 0 Å². The predicted octanol–water partition coefficient (Wildman–Crippen LogP) is 0.0742. The Labute approximate surface area is 125 Å². The summed E-state index contributed by atoms with van der Waals surface area (Å²) in [5.74, 6) is -0.682. The van der Waals surface area contributed by atoms with Gasteiger partial charge in [-0.25, -0.2) is 4.57 Å². The molecule has 0 radical (unpaired) electrons. The molecule has 0 rings (SSSR count). The number of carboxylic acid groups (broad SMARTS) is 1. The van der Waals surface area contributed by atoms with Gasteiger partial charge in [-0.1, -0.05) is 19.8 Å². The Balaban J connectivity index is -0.000000177. The fourth-order valence-electron chi connectivity index (χ4n) is 0.526. The zero-order chi connectivity index (χ0) is 10.9. The Morgan fingerprint density at radius 2 is 1.57 bits per heavy atom. The van der Waals surface area contributed by atoms with Gasteiger partial charge in [-0.15, -0.1) is 0 Å². The van der Waals surface area contributed by atoms with Crippen LogP contribution in [0.2, 0.25) is 0 Å². The number of aliphatic carboxylic acids is 1. The van der Waals surface area contributed by atoms with E-state index in [2.05, 4.69) is 6.92 Å². The van der Waals surface area contributed by atoms with Crippen LogP contribution in [-0.2, 0) is 9.36 Å². The van der Waals surface area contributed by atoms with Crippen LogP contribution in [0.15, 0.2) is 0 Å². The molecule has 0 aromatic heterocycles. The first-order valence-corrected chi connectivity index (χ1v) is 5.34. The summed E-state index contributed by atoms with van der Waals surface area (Å²) in [6, 6.07) is 0. The fraction of sp³-hybridized carbons (Fsp3) is 0.833.